The van der Waals surface area contributed by atoms with Crippen molar-refractivity contribution in [3.05, 3.63) is 24.3 Å². The Bertz CT molecular complexity index is 326. The minimum atomic E-state index is 0.0750. The molecule has 3 nitrogen and oxygen atoms in total. The zero-order chi connectivity index (χ0) is 11.1. The highest BCUT2D eigenvalue weighted by atomic mass is 16.5. The lowest BCUT2D eigenvalue weighted by atomic mass is 10.3. The van der Waals surface area contributed by atoms with Crippen molar-refractivity contribution in [2.45, 2.75) is 26.4 Å². The molecule has 1 rings (SSSR count). The summed E-state index contributed by atoms with van der Waals surface area (Å²) in [5.74, 6) is 1.52. The van der Waals surface area contributed by atoms with E-state index < -0.39 is 0 Å². The van der Waals surface area contributed by atoms with Crippen LogP contribution in [0, 0.1) is 11.3 Å². The lowest BCUT2D eigenvalue weighted by Crippen LogP contribution is -2.09. The van der Waals surface area contributed by atoms with E-state index in [9.17, 15) is 0 Å². The van der Waals surface area contributed by atoms with Gasteiger partial charge in [0.1, 0.15) is 17.6 Å². The van der Waals surface area contributed by atoms with E-state index in [1.165, 1.54) is 0 Å². The molecule has 0 aliphatic carbocycles. The normalized spacial score (nSPS) is 11.5. The maximum Gasteiger partial charge on any atom is 0.174 e. The molecule has 0 spiro atoms. The van der Waals surface area contributed by atoms with Crippen molar-refractivity contribution >= 4 is 0 Å². The SMILES string of the molecule is CCC(C)Oc1ccc(OCC#N)cc1. The number of benzene rings is 1. The first kappa shape index (κ1) is 11.4. The molecular weight excluding hydrogens is 190 g/mol. The first-order valence-electron chi connectivity index (χ1n) is 5.02. The van der Waals surface area contributed by atoms with E-state index in [2.05, 4.69) is 6.92 Å². The van der Waals surface area contributed by atoms with E-state index in [4.69, 9.17) is 14.7 Å². The number of hydrogen-bond donors (Lipinski definition) is 0. The molecule has 1 unspecified atom stereocenters. The molecule has 0 radical (unpaired) electrons. The lowest BCUT2D eigenvalue weighted by molar-refractivity contribution is 0.217. The second-order valence-electron chi connectivity index (χ2n) is 3.25. The Morgan fingerprint density at radius 1 is 1.27 bits per heavy atom. The molecule has 3 heteroatoms. The van der Waals surface area contributed by atoms with Crippen LogP contribution in [0.2, 0.25) is 0 Å². The molecule has 80 valence electrons. The summed E-state index contributed by atoms with van der Waals surface area (Å²) >= 11 is 0. The van der Waals surface area contributed by atoms with Crippen molar-refractivity contribution < 1.29 is 9.47 Å². The topological polar surface area (TPSA) is 42.2 Å². The fourth-order valence-corrected chi connectivity index (χ4v) is 1.05. The van der Waals surface area contributed by atoms with Crippen molar-refractivity contribution in [1.82, 2.24) is 0 Å². The highest BCUT2D eigenvalue weighted by molar-refractivity contribution is 5.31. The van der Waals surface area contributed by atoms with Gasteiger partial charge in [-0.2, -0.15) is 5.26 Å². The monoisotopic (exact) mass is 205 g/mol. The van der Waals surface area contributed by atoms with E-state index >= 15 is 0 Å². The van der Waals surface area contributed by atoms with Crippen LogP contribution in [0.4, 0.5) is 0 Å². The second kappa shape index (κ2) is 5.92. The summed E-state index contributed by atoms with van der Waals surface area (Å²) in [5.41, 5.74) is 0. The Labute approximate surface area is 90.2 Å². The third-order valence-electron chi connectivity index (χ3n) is 2.04. The number of rotatable bonds is 5. The van der Waals surface area contributed by atoms with Crippen LogP contribution < -0.4 is 9.47 Å². The maximum atomic E-state index is 8.33. The number of nitriles is 1. The highest BCUT2D eigenvalue weighted by Crippen LogP contribution is 2.18. The van der Waals surface area contributed by atoms with Gasteiger partial charge in [0, 0.05) is 0 Å². The molecule has 0 N–H and O–H groups in total. The average molecular weight is 205 g/mol. The predicted molar refractivity (Wildman–Crippen MR) is 57.9 cm³/mol. The van der Waals surface area contributed by atoms with E-state index in [0.717, 1.165) is 12.2 Å². The highest BCUT2D eigenvalue weighted by Gasteiger charge is 2.00. The molecule has 15 heavy (non-hydrogen) atoms. The Morgan fingerprint density at radius 3 is 2.40 bits per heavy atom. The fourth-order valence-electron chi connectivity index (χ4n) is 1.05. The van der Waals surface area contributed by atoms with Gasteiger partial charge in [-0.25, -0.2) is 0 Å². The van der Waals surface area contributed by atoms with Crippen molar-refractivity contribution in [2.75, 3.05) is 6.61 Å². The Morgan fingerprint density at radius 2 is 1.87 bits per heavy atom. The van der Waals surface area contributed by atoms with Crippen LogP contribution in [0.3, 0.4) is 0 Å². The Kier molecular flexibility index (Phi) is 4.49. The van der Waals surface area contributed by atoms with Gasteiger partial charge >= 0.3 is 0 Å². The van der Waals surface area contributed by atoms with Gasteiger partial charge in [0.25, 0.3) is 0 Å². The summed E-state index contributed by atoms with van der Waals surface area (Å²) in [7, 11) is 0. The van der Waals surface area contributed by atoms with Gasteiger partial charge in [0.05, 0.1) is 6.10 Å². The molecule has 0 saturated carbocycles. The smallest absolute Gasteiger partial charge is 0.174 e. The molecule has 0 bridgehead atoms. The first-order chi connectivity index (χ1) is 7.26. The molecule has 1 atom stereocenters. The van der Waals surface area contributed by atoms with Crippen molar-refractivity contribution in [2.24, 2.45) is 0 Å². The molecule has 0 heterocycles. The predicted octanol–water partition coefficient (Wildman–Crippen LogP) is 2.77. The lowest BCUT2D eigenvalue weighted by Gasteiger charge is -2.12. The number of ether oxygens (including phenoxy) is 2. The van der Waals surface area contributed by atoms with Gasteiger partial charge in [-0.1, -0.05) is 6.92 Å². The average Bonchev–Trinajstić information content (AvgIpc) is 2.28. The molecule has 0 amide bonds. The zero-order valence-corrected chi connectivity index (χ0v) is 9.06. The second-order valence-corrected chi connectivity index (χ2v) is 3.25. The maximum absolute atomic E-state index is 8.33. The molecular formula is C12H15NO2. The van der Waals surface area contributed by atoms with Crippen LogP contribution in [0.1, 0.15) is 20.3 Å². The minimum absolute atomic E-state index is 0.0750. The molecule has 0 saturated heterocycles. The summed E-state index contributed by atoms with van der Waals surface area (Å²) in [5, 5.41) is 8.33. The summed E-state index contributed by atoms with van der Waals surface area (Å²) in [6.07, 6.45) is 1.20. The van der Waals surface area contributed by atoms with E-state index in [0.29, 0.717) is 5.75 Å². The van der Waals surface area contributed by atoms with Gasteiger partial charge in [-0.15, -0.1) is 0 Å². The Hall–Kier alpha value is -1.69. The zero-order valence-electron chi connectivity index (χ0n) is 9.06. The van der Waals surface area contributed by atoms with Crippen LogP contribution in [-0.2, 0) is 0 Å². The van der Waals surface area contributed by atoms with Gasteiger partial charge in [-0.05, 0) is 37.6 Å². The van der Waals surface area contributed by atoms with Crippen molar-refractivity contribution in [1.29, 1.82) is 5.26 Å². The third-order valence-corrected chi connectivity index (χ3v) is 2.04. The van der Waals surface area contributed by atoms with Crippen LogP contribution in [0.15, 0.2) is 24.3 Å². The summed E-state index contributed by atoms with van der Waals surface area (Å²) in [6.45, 7) is 4.18. The molecule has 0 aliphatic rings. The number of hydrogen-bond acceptors (Lipinski definition) is 3. The van der Waals surface area contributed by atoms with Crippen LogP contribution >= 0.6 is 0 Å². The standard InChI is InChI=1S/C12H15NO2/c1-3-10(2)15-12-6-4-11(5-7-12)14-9-8-13/h4-7,10H,3,9H2,1-2H3. The van der Waals surface area contributed by atoms with Gasteiger partial charge in [-0.3, -0.25) is 0 Å². The molecule has 0 aromatic heterocycles. The summed E-state index contributed by atoms with van der Waals surface area (Å²) in [4.78, 5) is 0. The molecule has 1 aromatic carbocycles. The van der Waals surface area contributed by atoms with Gasteiger partial charge in [0.2, 0.25) is 0 Å². The van der Waals surface area contributed by atoms with Crippen LogP contribution in [-0.4, -0.2) is 12.7 Å². The van der Waals surface area contributed by atoms with Gasteiger partial charge < -0.3 is 9.47 Å². The minimum Gasteiger partial charge on any atom is -0.491 e. The van der Waals surface area contributed by atoms with Crippen LogP contribution in [0.25, 0.3) is 0 Å². The van der Waals surface area contributed by atoms with Gasteiger partial charge in [0.15, 0.2) is 6.61 Å². The van der Waals surface area contributed by atoms with E-state index in [-0.39, 0.29) is 12.7 Å². The fraction of sp³-hybridized carbons (Fsp3) is 0.417. The molecule has 0 fully saturated rings. The number of nitrogens with zero attached hydrogens (tertiary/aromatic N) is 1. The van der Waals surface area contributed by atoms with Crippen molar-refractivity contribution in [3.63, 3.8) is 0 Å². The summed E-state index contributed by atoms with van der Waals surface area (Å²) in [6, 6.07) is 9.21. The third kappa shape index (κ3) is 3.90. The van der Waals surface area contributed by atoms with Crippen LogP contribution in [0.5, 0.6) is 11.5 Å². The molecule has 1 aromatic rings. The summed E-state index contributed by atoms with van der Waals surface area (Å²) < 4.78 is 10.7. The van der Waals surface area contributed by atoms with E-state index in [1.807, 2.05) is 25.1 Å². The van der Waals surface area contributed by atoms with Crippen molar-refractivity contribution in [3.8, 4) is 17.6 Å². The van der Waals surface area contributed by atoms with E-state index in [1.54, 1.807) is 12.1 Å². The largest absolute Gasteiger partial charge is 0.491 e. The quantitative estimate of drug-likeness (QED) is 0.742. The first-order valence-corrected chi connectivity index (χ1v) is 5.02. The molecule has 0 aliphatic heterocycles. The Balaban J connectivity index is 2.53.